The Kier molecular flexibility index (Phi) is 9.14. The molecule has 2 fully saturated rings. The van der Waals surface area contributed by atoms with Crippen LogP contribution in [0.3, 0.4) is 0 Å². The number of carbonyl (C=O) groups excluding carboxylic acids is 3. The smallest absolute Gasteiger partial charge is 0.246 e. The normalized spacial score (nSPS) is 22.5. The second-order valence-corrected chi connectivity index (χ2v) is 14.4. The molecule has 3 heterocycles. The molecule has 12 nitrogen and oxygen atoms in total. The van der Waals surface area contributed by atoms with E-state index in [1.807, 2.05) is 58.0 Å². The SMILES string of the molecule is CNC(C)C(=O)NC(C(=O)N1CCC2C1C(CC(=O)Nc1cc(C)nn1-c1ccccc1)CN2S(C)(=O)=O)C(C)(C)C. The van der Waals surface area contributed by atoms with Gasteiger partial charge in [-0.1, -0.05) is 39.0 Å². The zero-order valence-corrected chi connectivity index (χ0v) is 26.2. The predicted molar refractivity (Wildman–Crippen MR) is 160 cm³/mol. The number of rotatable bonds is 9. The molecule has 5 unspecified atom stereocenters. The summed E-state index contributed by atoms with van der Waals surface area (Å²) in [5.74, 6) is -0.796. The quantitative estimate of drug-likeness (QED) is 0.395. The van der Waals surface area contributed by atoms with Gasteiger partial charge in [-0.15, -0.1) is 0 Å². The number of carbonyl (C=O) groups is 3. The van der Waals surface area contributed by atoms with Crippen molar-refractivity contribution in [2.75, 3.05) is 31.7 Å². The van der Waals surface area contributed by atoms with Crippen LogP contribution in [0.2, 0.25) is 0 Å². The zero-order valence-electron chi connectivity index (χ0n) is 25.4. The Morgan fingerprint density at radius 2 is 1.81 bits per heavy atom. The summed E-state index contributed by atoms with van der Waals surface area (Å²) in [5.41, 5.74) is 0.919. The number of amides is 3. The van der Waals surface area contributed by atoms with Crippen LogP contribution >= 0.6 is 0 Å². The van der Waals surface area contributed by atoms with E-state index in [2.05, 4.69) is 21.0 Å². The van der Waals surface area contributed by atoms with Gasteiger partial charge in [-0.05, 0) is 44.9 Å². The summed E-state index contributed by atoms with van der Waals surface area (Å²) in [6.45, 7) is 9.67. The summed E-state index contributed by atoms with van der Waals surface area (Å²) in [6, 6.07) is 8.95. The van der Waals surface area contributed by atoms with E-state index < -0.39 is 45.5 Å². The van der Waals surface area contributed by atoms with Gasteiger partial charge in [0.05, 0.1) is 29.7 Å². The van der Waals surface area contributed by atoms with Crippen molar-refractivity contribution in [2.24, 2.45) is 11.3 Å². The van der Waals surface area contributed by atoms with Gasteiger partial charge in [0.25, 0.3) is 0 Å². The number of nitrogens with one attached hydrogen (secondary N) is 3. The van der Waals surface area contributed by atoms with Crippen LogP contribution in [0, 0.1) is 18.3 Å². The molecule has 0 radical (unpaired) electrons. The number of fused-ring (bicyclic) bond motifs is 1. The lowest BCUT2D eigenvalue weighted by Gasteiger charge is -2.37. The van der Waals surface area contributed by atoms with Gasteiger partial charge in [0.15, 0.2) is 0 Å². The van der Waals surface area contributed by atoms with Crippen LogP contribution in [0.15, 0.2) is 36.4 Å². The van der Waals surface area contributed by atoms with Crippen LogP contribution < -0.4 is 16.0 Å². The number of aryl methyl sites for hydroxylation is 1. The van der Waals surface area contributed by atoms with Gasteiger partial charge >= 0.3 is 0 Å². The molecule has 1 aromatic heterocycles. The maximum absolute atomic E-state index is 14.1. The predicted octanol–water partition coefficient (Wildman–Crippen LogP) is 1.51. The minimum Gasteiger partial charge on any atom is -0.342 e. The lowest BCUT2D eigenvalue weighted by Crippen LogP contribution is -2.59. The molecular weight excluding hydrogens is 558 g/mol. The Morgan fingerprint density at radius 1 is 1.14 bits per heavy atom. The van der Waals surface area contributed by atoms with Gasteiger partial charge in [0, 0.05) is 37.5 Å². The average Bonchev–Trinajstić information content (AvgIpc) is 3.60. The Morgan fingerprint density at radius 3 is 2.40 bits per heavy atom. The third-order valence-corrected chi connectivity index (χ3v) is 9.44. The van der Waals surface area contributed by atoms with E-state index in [-0.39, 0.29) is 30.7 Å². The van der Waals surface area contributed by atoms with E-state index in [0.29, 0.717) is 18.8 Å². The fourth-order valence-corrected chi connectivity index (χ4v) is 7.16. The Labute approximate surface area is 248 Å². The second-order valence-electron chi connectivity index (χ2n) is 12.5. The number of hydrogen-bond acceptors (Lipinski definition) is 7. The number of hydrogen-bond donors (Lipinski definition) is 3. The van der Waals surface area contributed by atoms with Gasteiger partial charge in [-0.25, -0.2) is 13.1 Å². The molecule has 0 spiro atoms. The fourth-order valence-electron chi connectivity index (χ4n) is 5.98. The maximum atomic E-state index is 14.1. The Bertz CT molecular complexity index is 1420. The van der Waals surface area contributed by atoms with Gasteiger partial charge in [-0.2, -0.15) is 9.40 Å². The first-order valence-electron chi connectivity index (χ1n) is 14.3. The average molecular weight is 602 g/mol. The highest BCUT2D eigenvalue weighted by Crippen LogP contribution is 2.40. The monoisotopic (exact) mass is 601 g/mol. The summed E-state index contributed by atoms with van der Waals surface area (Å²) in [4.78, 5) is 42.0. The lowest BCUT2D eigenvalue weighted by atomic mass is 9.85. The first kappa shape index (κ1) is 31.6. The minimum atomic E-state index is -3.58. The van der Waals surface area contributed by atoms with E-state index in [9.17, 15) is 22.8 Å². The molecule has 3 N–H and O–H groups in total. The molecule has 13 heteroatoms. The second kappa shape index (κ2) is 12.1. The first-order chi connectivity index (χ1) is 19.6. The molecule has 0 bridgehead atoms. The molecule has 0 saturated carbocycles. The highest BCUT2D eigenvalue weighted by molar-refractivity contribution is 7.88. The Hall–Kier alpha value is -3.29. The molecular formula is C29H43N7O5S. The minimum absolute atomic E-state index is 0.0132. The van der Waals surface area contributed by atoms with Gasteiger partial charge < -0.3 is 20.9 Å². The van der Waals surface area contributed by atoms with Crippen LogP contribution in [0.4, 0.5) is 5.82 Å². The molecule has 2 aliphatic heterocycles. The number of likely N-dealkylation sites (N-methyl/N-ethyl adjacent to an activating group) is 1. The number of aromatic nitrogens is 2. The van der Waals surface area contributed by atoms with Crippen molar-refractivity contribution < 1.29 is 22.8 Å². The fraction of sp³-hybridized carbons (Fsp3) is 0.586. The van der Waals surface area contributed by atoms with Crippen LogP contribution in [0.25, 0.3) is 5.69 Å². The number of likely N-dealkylation sites (tertiary alicyclic amines) is 1. The molecule has 4 rings (SSSR count). The van der Waals surface area contributed by atoms with E-state index in [1.54, 1.807) is 29.6 Å². The third kappa shape index (κ3) is 6.68. The summed E-state index contributed by atoms with van der Waals surface area (Å²) in [7, 11) is -1.91. The lowest BCUT2D eigenvalue weighted by molar-refractivity contribution is -0.141. The molecule has 5 atom stereocenters. The summed E-state index contributed by atoms with van der Waals surface area (Å²) in [5, 5.41) is 13.3. The topological polar surface area (TPSA) is 146 Å². The maximum Gasteiger partial charge on any atom is 0.246 e. The third-order valence-electron chi connectivity index (χ3n) is 8.17. The Balaban J connectivity index is 1.59. The van der Waals surface area contributed by atoms with E-state index in [1.165, 1.54) is 4.31 Å². The van der Waals surface area contributed by atoms with Gasteiger partial charge in [-0.3, -0.25) is 14.4 Å². The number of para-hydroxylation sites is 1. The molecule has 42 heavy (non-hydrogen) atoms. The standard InChI is InChI=1S/C29H43N7O5S/c1-18-15-23(36(33-18)21-11-9-8-10-12-21)31-24(37)16-20-17-35(42(7,40)41)22-13-14-34(25(20)22)28(39)26(29(3,4)5)32-27(38)19(2)30-6/h8-12,15,19-20,22,25-26,30H,13-14,16-17H2,1-7H3,(H,31,37)(H,32,38). The molecule has 2 saturated heterocycles. The molecule has 2 aliphatic rings. The molecule has 3 amide bonds. The van der Waals surface area contributed by atoms with Crippen molar-refractivity contribution in [1.82, 2.24) is 29.6 Å². The number of benzene rings is 1. The van der Waals surface area contributed by atoms with Crippen molar-refractivity contribution in [3.05, 3.63) is 42.1 Å². The molecule has 2 aromatic rings. The first-order valence-corrected chi connectivity index (χ1v) is 16.1. The highest BCUT2D eigenvalue weighted by atomic mass is 32.2. The van der Waals surface area contributed by atoms with Crippen molar-refractivity contribution in [3.63, 3.8) is 0 Å². The van der Waals surface area contributed by atoms with Crippen molar-refractivity contribution in [2.45, 2.75) is 71.6 Å². The van der Waals surface area contributed by atoms with E-state index in [0.717, 1.165) is 17.6 Å². The molecule has 230 valence electrons. The van der Waals surface area contributed by atoms with Crippen molar-refractivity contribution in [1.29, 1.82) is 0 Å². The van der Waals surface area contributed by atoms with Crippen LogP contribution in [0.5, 0.6) is 0 Å². The van der Waals surface area contributed by atoms with E-state index in [4.69, 9.17) is 0 Å². The summed E-state index contributed by atoms with van der Waals surface area (Å²) in [6.07, 6.45) is 1.63. The molecule has 0 aliphatic carbocycles. The van der Waals surface area contributed by atoms with Crippen LogP contribution in [-0.2, 0) is 24.4 Å². The van der Waals surface area contributed by atoms with Gasteiger partial charge in [0.2, 0.25) is 27.7 Å². The zero-order chi connectivity index (χ0) is 31.0. The molecule has 1 aromatic carbocycles. The van der Waals surface area contributed by atoms with Gasteiger partial charge in [0.1, 0.15) is 11.9 Å². The highest BCUT2D eigenvalue weighted by Gasteiger charge is 2.54. The summed E-state index contributed by atoms with van der Waals surface area (Å²) >= 11 is 0. The van der Waals surface area contributed by atoms with Crippen molar-refractivity contribution in [3.8, 4) is 5.69 Å². The van der Waals surface area contributed by atoms with E-state index >= 15 is 0 Å². The largest absolute Gasteiger partial charge is 0.342 e. The summed E-state index contributed by atoms with van der Waals surface area (Å²) < 4.78 is 28.6. The van der Waals surface area contributed by atoms with Crippen LogP contribution in [-0.4, -0.2) is 95.7 Å². The van der Waals surface area contributed by atoms with Crippen molar-refractivity contribution >= 4 is 33.6 Å². The van der Waals surface area contributed by atoms with Crippen LogP contribution in [0.1, 0.15) is 46.2 Å². The number of sulfonamides is 1. The number of nitrogens with zero attached hydrogens (tertiary/aromatic N) is 4. The number of anilines is 1.